The summed E-state index contributed by atoms with van der Waals surface area (Å²) >= 11 is 0. The third-order valence-electron chi connectivity index (χ3n) is 1.49. The lowest BCUT2D eigenvalue weighted by Gasteiger charge is -2.02. The van der Waals surface area contributed by atoms with E-state index in [-0.39, 0.29) is 11.8 Å². The van der Waals surface area contributed by atoms with Crippen molar-refractivity contribution >= 4 is 5.78 Å². The van der Waals surface area contributed by atoms with Gasteiger partial charge in [-0.15, -0.1) is 6.58 Å². The molecule has 0 aliphatic rings. The van der Waals surface area contributed by atoms with E-state index < -0.39 is 0 Å². The van der Waals surface area contributed by atoms with Crippen LogP contribution < -0.4 is 5.73 Å². The number of carbonyl (C=O) groups is 1. The fraction of sp³-hybridized carbons (Fsp3) is 0.667. The molecule has 1 unspecified atom stereocenters. The first-order valence-corrected chi connectivity index (χ1v) is 4.05. The van der Waals surface area contributed by atoms with Crippen LogP contribution in [-0.2, 0) is 4.79 Å². The highest BCUT2D eigenvalue weighted by Gasteiger charge is 1.99. The number of nitrogens with two attached hydrogens (primary N) is 1. The number of allylic oxidation sites excluding steroid dienone is 1. The van der Waals surface area contributed by atoms with Gasteiger partial charge in [0.1, 0.15) is 5.78 Å². The summed E-state index contributed by atoms with van der Waals surface area (Å²) in [5, 5.41) is 0. The van der Waals surface area contributed by atoms with E-state index in [1.165, 1.54) is 0 Å². The largest absolute Gasteiger partial charge is 0.328 e. The van der Waals surface area contributed by atoms with Gasteiger partial charge in [0.25, 0.3) is 0 Å². The molecular weight excluding hydrogens is 138 g/mol. The number of ketones is 1. The summed E-state index contributed by atoms with van der Waals surface area (Å²) in [7, 11) is 0. The molecule has 0 amide bonds. The van der Waals surface area contributed by atoms with Crippen molar-refractivity contribution in [3.8, 4) is 0 Å². The Labute approximate surface area is 68.5 Å². The molecule has 0 radical (unpaired) electrons. The molecule has 0 heterocycles. The van der Waals surface area contributed by atoms with Crippen LogP contribution in [0.15, 0.2) is 12.7 Å². The van der Waals surface area contributed by atoms with Crippen LogP contribution in [0.25, 0.3) is 0 Å². The Kier molecular flexibility index (Phi) is 5.75. The zero-order valence-electron chi connectivity index (χ0n) is 7.18. The van der Waals surface area contributed by atoms with Crippen molar-refractivity contribution in [2.45, 2.75) is 38.6 Å². The zero-order chi connectivity index (χ0) is 8.69. The minimum absolute atomic E-state index is 0.214. The lowest BCUT2D eigenvalue weighted by molar-refractivity contribution is -0.118. The third-order valence-corrected chi connectivity index (χ3v) is 1.49. The van der Waals surface area contributed by atoms with Crippen LogP contribution in [0.3, 0.4) is 0 Å². The molecule has 1 atom stereocenters. The first-order valence-electron chi connectivity index (χ1n) is 4.05. The average Bonchev–Trinajstić information content (AvgIpc) is 1.87. The van der Waals surface area contributed by atoms with E-state index >= 15 is 0 Å². The summed E-state index contributed by atoms with van der Waals surface area (Å²) in [6, 6.07) is 0.214. The standard InChI is InChI=1S/C9H17NO/c1-3-5-9(11)7-4-6-8(2)10/h3,8H,1,4-7,10H2,2H3. The van der Waals surface area contributed by atoms with Crippen LogP contribution in [0.4, 0.5) is 0 Å². The summed E-state index contributed by atoms with van der Waals surface area (Å²) in [6.45, 7) is 5.45. The predicted octanol–water partition coefficient (Wildman–Crippen LogP) is 1.65. The Morgan fingerprint density at radius 1 is 1.73 bits per heavy atom. The summed E-state index contributed by atoms with van der Waals surface area (Å²) in [6.07, 6.45) is 4.63. The second-order valence-corrected chi connectivity index (χ2v) is 2.90. The smallest absolute Gasteiger partial charge is 0.136 e. The van der Waals surface area contributed by atoms with Crippen molar-refractivity contribution in [1.82, 2.24) is 0 Å². The molecule has 0 aliphatic carbocycles. The van der Waals surface area contributed by atoms with E-state index in [2.05, 4.69) is 6.58 Å². The predicted molar refractivity (Wildman–Crippen MR) is 47.3 cm³/mol. The highest BCUT2D eigenvalue weighted by Crippen LogP contribution is 2.01. The Balaban J connectivity index is 3.24. The van der Waals surface area contributed by atoms with Gasteiger partial charge >= 0.3 is 0 Å². The van der Waals surface area contributed by atoms with Crippen molar-refractivity contribution in [2.24, 2.45) is 5.73 Å². The van der Waals surface area contributed by atoms with Gasteiger partial charge < -0.3 is 5.73 Å². The van der Waals surface area contributed by atoms with Gasteiger partial charge in [0, 0.05) is 18.9 Å². The maximum atomic E-state index is 10.9. The normalized spacial score (nSPS) is 12.5. The molecular formula is C9H17NO. The van der Waals surface area contributed by atoms with Crippen molar-refractivity contribution in [2.75, 3.05) is 0 Å². The molecule has 0 aromatic heterocycles. The van der Waals surface area contributed by atoms with E-state index in [1.54, 1.807) is 6.08 Å². The second-order valence-electron chi connectivity index (χ2n) is 2.90. The second kappa shape index (κ2) is 6.10. The fourth-order valence-electron chi connectivity index (χ4n) is 0.884. The Morgan fingerprint density at radius 2 is 2.36 bits per heavy atom. The van der Waals surface area contributed by atoms with Gasteiger partial charge in [0.15, 0.2) is 0 Å². The molecule has 2 N–H and O–H groups in total. The lowest BCUT2D eigenvalue weighted by atomic mass is 10.1. The Hall–Kier alpha value is -0.630. The zero-order valence-corrected chi connectivity index (χ0v) is 7.18. The minimum atomic E-state index is 0.214. The maximum Gasteiger partial charge on any atom is 0.136 e. The van der Waals surface area contributed by atoms with Gasteiger partial charge in [-0.25, -0.2) is 0 Å². The van der Waals surface area contributed by atoms with Crippen LogP contribution >= 0.6 is 0 Å². The maximum absolute atomic E-state index is 10.9. The number of hydrogen-bond acceptors (Lipinski definition) is 2. The molecule has 2 heteroatoms. The van der Waals surface area contributed by atoms with E-state index in [4.69, 9.17) is 5.73 Å². The number of Topliss-reactive ketones (excluding diaryl/α,β-unsaturated/α-hetero) is 1. The van der Waals surface area contributed by atoms with E-state index in [1.807, 2.05) is 6.92 Å². The fourth-order valence-corrected chi connectivity index (χ4v) is 0.884. The van der Waals surface area contributed by atoms with Gasteiger partial charge in [0.2, 0.25) is 0 Å². The molecule has 2 nitrogen and oxygen atoms in total. The summed E-state index contributed by atoms with van der Waals surface area (Å²) in [5.74, 6) is 0.264. The first kappa shape index (κ1) is 10.4. The summed E-state index contributed by atoms with van der Waals surface area (Å²) in [5.41, 5.74) is 5.52. The van der Waals surface area contributed by atoms with Crippen LogP contribution in [0.5, 0.6) is 0 Å². The minimum Gasteiger partial charge on any atom is -0.328 e. The summed E-state index contributed by atoms with van der Waals surface area (Å²) in [4.78, 5) is 10.9. The monoisotopic (exact) mass is 155 g/mol. The van der Waals surface area contributed by atoms with Gasteiger partial charge in [-0.3, -0.25) is 4.79 Å². The average molecular weight is 155 g/mol. The molecule has 0 fully saturated rings. The summed E-state index contributed by atoms with van der Waals surface area (Å²) < 4.78 is 0. The number of rotatable bonds is 6. The first-order chi connectivity index (χ1) is 5.16. The van der Waals surface area contributed by atoms with Crippen LogP contribution in [-0.4, -0.2) is 11.8 Å². The van der Waals surface area contributed by atoms with Crippen molar-refractivity contribution < 1.29 is 4.79 Å². The van der Waals surface area contributed by atoms with E-state index in [0.29, 0.717) is 12.8 Å². The molecule has 0 aliphatic heterocycles. The Morgan fingerprint density at radius 3 is 2.82 bits per heavy atom. The molecule has 0 aromatic carbocycles. The quantitative estimate of drug-likeness (QED) is 0.593. The van der Waals surface area contributed by atoms with Gasteiger partial charge in [-0.1, -0.05) is 6.08 Å². The molecule has 64 valence electrons. The third kappa shape index (κ3) is 7.26. The van der Waals surface area contributed by atoms with Crippen molar-refractivity contribution in [3.05, 3.63) is 12.7 Å². The van der Waals surface area contributed by atoms with Crippen LogP contribution in [0.2, 0.25) is 0 Å². The molecule has 0 bridgehead atoms. The molecule has 0 saturated heterocycles. The molecule has 0 spiro atoms. The van der Waals surface area contributed by atoms with Crippen molar-refractivity contribution in [3.63, 3.8) is 0 Å². The molecule has 11 heavy (non-hydrogen) atoms. The van der Waals surface area contributed by atoms with E-state index in [0.717, 1.165) is 12.8 Å². The van der Waals surface area contributed by atoms with Crippen molar-refractivity contribution in [1.29, 1.82) is 0 Å². The van der Waals surface area contributed by atoms with Gasteiger partial charge in [-0.2, -0.15) is 0 Å². The lowest BCUT2D eigenvalue weighted by Crippen LogP contribution is -2.14. The van der Waals surface area contributed by atoms with Gasteiger partial charge in [-0.05, 0) is 19.8 Å². The number of carbonyl (C=O) groups excluding carboxylic acids is 1. The Bertz CT molecular complexity index is 130. The SMILES string of the molecule is C=CCC(=O)CCCC(C)N. The molecule has 0 aromatic rings. The van der Waals surface area contributed by atoms with Crippen LogP contribution in [0, 0.1) is 0 Å². The molecule has 0 saturated carbocycles. The van der Waals surface area contributed by atoms with E-state index in [9.17, 15) is 4.79 Å². The van der Waals surface area contributed by atoms with Crippen LogP contribution in [0.1, 0.15) is 32.6 Å². The number of hydrogen-bond donors (Lipinski definition) is 1. The highest BCUT2D eigenvalue weighted by molar-refractivity contribution is 5.79. The highest BCUT2D eigenvalue weighted by atomic mass is 16.1. The molecule has 0 rings (SSSR count). The van der Waals surface area contributed by atoms with Gasteiger partial charge in [0.05, 0.1) is 0 Å². The topological polar surface area (TPSA) is 43.1 Å².